The molecule has 2 N–H and O–H groups in total. The molecule has 0 radical (unpaired) electrons. The maximum absolute atomic E-state index is 13.6. The first kappa shape index (κ1) is 30.3. The fraction of sp³-hybridized carbons (Fsp3) is 0.333. The Hall–Kier alpha value is -4.18. The van der Waals surface area contributed by atoms with Crippen molar-refractivity contribution in [2.45, 2.75) is 31.9 Å². The van der Waals surface area contributed by atoms with Gasteiger partial charge in [-0.05, 0) is 19.1 Å². The lowest BCUT2D eigenvalue weighted by Gasteiger charge is -2.34. The van der Waals surface area contributed by atoms with Crippen LogP contribution in [0, 0.1) is 0 Å². The van der Waals surface area contributed by atoms with Crippen LogP contribution in [0.15, 0.2) is 48.9 Å². The molecule has 3 aromatic heterocycles. The molecule has 4 heterocycles. The number of ether oxygens (including phenoxy) is 1. The third kappa shape index (κ3) is 6.44. The zero-order valence-corrected chi connectivity index (χ0v) is 23.3. The van der Waals surface area contributed by atoms with Gasteiger partial charge in [-0.1, -0.05) is 18.2 Å². The summed E-state index contributed by atoms with van der Waals surface area (Å²) < 4.78 is 86.4. The molecule has 1 aliphatic rings. The molecule has 0 spiro atoms. The van der Waals surface area contributed by atoms with E-state index in [0.717, 1.165) is 22.3 Å². The van der Waals surface area contributed by atoms with Crippen molar-refractivity contribution in [3.05, 3.63) is 70.6 Å². The van der Waals surface area contributed by atoms with Crippen molar-refractivity contribution in [2.24, 2.45) is 5.73 Å². The minimum absolute atomic E-state index is 0.00810. The number of piperazine rings is 1. The van der Waals surface area contributed by atoms with Gasteiger partial charge in [-0.3, -0.25) is 24.0 Å². The van der Waals surface area contributed by atoms with Crippen molar-refractivity contribution < 1.29 is 40.7 Å². The summed E-state index contributed by atoms with van der Waals surface area (Å²) in [5.74, 6) is -2.67. The van der Waals surface area contributed by atoms with Gasteiger partial charge in [0, 0.05) is 44.4 Å². The highest BCUT2D eigenvalue weighted by Gasteiger charge is 2.43. The number of carbonyl (C=O) groups excluding carboxylic acids is 2. The number of hydrogen-bond acceptors (Lipinski definition) is 7. The number of amides is 2. The molecule has 1 saturated heterocycles. The lowest BCUT2D eigenvalue weighted by molar-refractivity contribution is -0.187. The first-order chi connectivity index (χ1) is 20.2. The first-order valence-corrected chi connectivity index (χ1v) is 13.7. The largest absolute Gasteiger partial charge is 0.484 e. The van der Waals surface area contributed by atoms with Crippen molar-refractivity contribution in [3.63, 3.8) is 0 Å². The lowest BCUT2D eigenvalue weighted by Crippen LogP contribution is -2.52. The van der Waals surface area contributed by atoms with Gasteiger partial charge in [0.25, 0.3) is 5.91 Å². The molecule has 228 valence electrons. The summed E-state index contributed by atoms with van der Waals surface area (Å²) in [6.07, 6.45) is -7.57. The van der Waals surface area contributed by atoms with E-state index in [9.17, 15) is 35.9 Å². The molecular weight excluding hydrogens is 602 g/mol. The minimum Gasteiger partial charge on any atom is -0.484 e. The Morgan fingerprint density at radius 1 is 1.05 bits per heavy atom. The molecule has 0 bridgehead atoms. The monoisotopic (exact) mass is 626 g/mol. The van der Waals surface area contributed by atoms with E-state index in [4.69, 9.17) is 10.5 Å². The van der Waals surface area contributed by atoms with Gasteiger partial charge in [-0.25, -0.2) is 4.98 Å². The molecule has 1 fully saturated rings. The van der Waals surface area contributed by atoms with Crippen LogP contribution in [0.5, 0.6) is 5.75 Å². The summed E-state index contributed by atoms with van der Waals surface area (Å²) in [5, 5.41) is 0.457. The smallest absolute Gasteiger partial charge is 0.471 e. The summed E-state index contributed by atoms with van der Waals surface area (Å²) in [6.45, 7) is 2.05. The first-order valence-electron chi connectivity index (χ1n) is 12.9. The number of fused-ring (bicyclic) bond motifs is 1. The number of alkyl halides is 6. The highest BCUT2D eigenvalue weighted by atomic mass is 32.1. The van der Waals surface area contributed by atoms with Crippen LogP contribution in [0.3, 0.4) is 0 Å². The molecule has 4 aromatic rings. The van der Waals surface area contributed by atoms with E-state index < -0.39 is 35.8 Å². The van der Waals surface area contributed by atoms with Gasteiger partial charge in [0.1, 0.15) is 33.6 Å². The van der Waals surface area contributed by atoms with E-state index in [-0.39, 0.29) is 42.4 Å². The number of rotatable bonds is 7. The Kier molecular flexibility index (Phi) is 8.09. The Labute approximate surface area is 244 Å². The third-order valence-electron chi connectivity index (χ3n) is 6.93. The molecule has 5 rings (SSSR count). The van der Waals surface area contributed by atoms with Crippen LogP contribution in [-0.4, -0.2) is 68.5 Å². The highest BCUT2D eigenvalue weighted by molar-refractivity contribution is 7.16. The Morgan fingerprint density at radius 3 is 2.40 bits per heavy atom. The van der Waals surface area contributed by atoms with Crippen LogP contribution >= 0.6 is 11.3 Å². The second-order valence-corrected chi connectivity index (χ2v) is 10.9. The minimum atomic E-state index is -4.92. The fourth-order valence-electron chi connectivity index (χ4n) is 4.84. The predicted molar refractivity (Wildman–Crippen MR) is 144 cm³/mol. The van der Waals surface area contributed by atoms with E-state index >= 15 is 0 Å². The SMILES string of the molecule is C[C@@H](Oc1cc(-n2cnc3cnc(CN4CCN(C(=O)C(F)(F)F)CC4)cc32)sc1C(N)=O)c1ccccc1C(F)(F)F. The normalized spacial score (nSPS) is 15.6. The number of thiophene rings is 1. The van der Waals surface area contributed by atoms with Crippen LogP contribution in [0.1, 0.15) is 39.5 Å². The van der Waals surface area contributed by atoms with Crippen molar-refractivity contribution in [3.8, 4) is 10.8 Å². The number of carbonyl (C=O) groups is 2. The van der Waals surface area contributed by atoms with Gasteiger partial charge in [0.2, 0.25) is 0 Å². The lowest BCUT2D eigenvalue weighted by atomic mass is 10.0. The van der Waals surface area contributed by atoms with Crippen LogP contribution < -0.4 is 10.5 Å². The van der Waals surface area contributed by atoms with Gasteiger partial charge < -0.3 is 15.4 Å². The fourth-order valence-corrected chi connectivity index (χ4v) is 5.76. The molecule has 2 amide bonds. The molecule has 1 atom stereocenters. The van der Waals surface area contributed by atoms with Gasteiger partial charge in [-0.2, -0.15) is 26.3 Å². The number of pyridine rings is 1. The molecule has 0 aliphatic carbocycles. The molecule has 16 heteroatoms. The number of imidazole rings is 1. The Bertz CT molecular complexity index is 1660. The van der Waals surface area contributed by atoms with E-state index in [1.165, 1.54) is 43.7 Å². The summed E-state index contributed by atoms with van der Waals surface area (Å²) in [5.41, 5.74) is 6.30. The van der Waals surface area contributed by atoms with Gasteiger partial charge in [0.15, 0.2) is 0 Å². The highest BCUT2D eigenvalue weighted by Crippen LogP contribution is 2.39. The number of aromatic nitrogens is 3. The summed E-state index contributed by atoms with van der Waals surface area (Å²) in [4.78, 5) is 35.1. The van der Waals surface area contributed by atoms with Crippen molar-refractivity contribution in [1.29, 1.82) is 0 Å². The number of nitrogens with two attached hydrogens (primary N) is 1. The Balaban J connectivity index is 1.37. The molecule has 1 aromatic carbocycles. The van der Waals surface area contributed by atoms with Crippen LogP contribution in [-0.2, 0) is 17.5 Å². The van der Waals surface area contributed by atoms with E-state index in [1.54, 1.807) is 10.6 Å². The average Bonchev–Trinajstić information content (AvgIpc) is 3.56. The molecule has 0 saturated carbocycles. The second kappa shape index (κ2) is 11.5. The van der Waals surface area contributed by atoms with E-state index in [1.807, 2.05) is 4.90 Å². The number of halogens is 6. The van der Waals surface area contributed by atoms with Crippen molar-refractivity contribution >= 4 is 34.2 Å². The maximum atomic E-state index is 13.6. The topological polar surface area (TPSA) is 107 Å². The quantitative estimate of drug-likeness (QED) is 0.291. The van der Waals surface area contributed by atoms with Crippen LogP contribution in [0.4, 0.5) is 26.3 Å². The molecular formula is C27H24F6N6O3S. The molecule has 1 aliphatic heterocycles. The van der Waals surface area contributed by atoms with E-state index in [2.05, 4.69) is 9.97 Å². The zero-order valence-electron chi connectivity index (χ0n) is 22.4. The Morgan fingerprint density at radius 2 is 1.74 bits per heavy atom. The predicted octanol–water partition coefficient (Wildman–Crippen LogP) is 4.95. The maximum Gasteiger partial charge on any atom is 0.471 e. The van der Waals surface area contributed by atoms with Gasteiger partial charge in [0.05, 0.1) is 23.0 Å². The number of nitrogens with zero attached hydrogens (tertiary/aromatic N) is 5. The summed E-state index contributed by atoms with van der Waals surface area (Å²) >= 11 is 0.975. The van der Waals surface area contributed by atoms with Gasteiger partial charge in [-0.15, -0.1) is 11.3 Å². The van der Waals surface area contributed by atoms with Crippen LogP contribution in [0.2, 0.25) is 0 Å². The third-order valence-corrected chi connectivity index (χ3v) is 8.06. The molecule has 0 unspecified atom stereocenters. The molecule has 43 heavy (non-hydrogen) atoms. The van der Waals surface area contributed by atoms with Crippen molar-refractivity contribution in [2.75, 3.05) is 26.2 Å². The number of hydrogen-bond donors (Lipinski definition) is 1. The number of primary amides is 1. The summed E-state index contributed by atoms with van der Waals surface area (Å²) in [6, 6.07) is 8.23. The number of benzene rings is 1. The molecule has 9 nitrogen and oxygen atoms in total. The zero-order chi connectivity index (χ0) is 31.1. The van der Waals surface area contributed by atoms with Crippen molar-refractivity contribution in [1.82, 2.24) is 24.3 Å². The standard InChI is InChI=1S/C27H24F6N6O3S/c1-15(17-4-2-3-5-18(17)26(28,29)30)42-21-11-22(43-23(21)24(34)40)39-14-36-19-12-35-16(10-20(19)39)13-37-6-8-38(9-7-37)25(41)27(31,32)33/h2-5,10-12,14-15H,6-9,13H2,1H3,(H2,34,40)/t15-/m1/s1. The second-order valence-electron chi connectivity index (χ2n) is 9.83. The van der Waals surface area contributed by atoms with E-state index in [0.29, 0.717) is 28.3 Å². The summed E-state index contributed by atoms with van der Waals surface area (Å²) in [7, 11) is 0. The van der Waals surface area contributed by atoms with Gasteiger partial charge >= 0.3 is 18.3 Å². The van der Waals surface area contributed by atoms with Crippen LogP contribution in [0.25, 0.3) is 16.0 Å². The average molecular weight is 627 g/mol.